The van der Waals surface area contributed by atoms with Crippen molar-refractivity contribution in [3.8, 4) is 0 Å². The van der Waals surface area contributed by atoms with Crippen LogP contribution in [-0.2, 0) is 22.5 Å². The SMILES string of the molecule is COC(=O)c1ccc(Cc2cncc(C(=O)OCc3ccccc3)c2)c(F)c1. The molecule has 1 aromatic heterocycles. The van der Waals surface area contributed by atoms with Gasteiger partial charge >= 0.3 is 11.9 Å². The van der Waals surface area contributed by atoms with Crippen molar-refractivity contribution in [1.29, 1.82) is 0 Å². The van der Waals surface area contributed by atoms with Crippen LogP contribution in [0, 0.1) is 5.82 Å². The van der Waals surface area contributed by atoms with Crippen molar-refractivity contribution in [2.24, 2.45) is 0 Å². The molecule has 0 radical (unpaired) electrons. The van der Waals surface area contributed by atoms with Crippen LogP contribution in [-0.4, -0.2) is 24.0 Å². The number of hydrogen-bond acceptors (Lipinski definition) is 5. The lowest BCUT2D eigenvalue weighted by Gasteiger charge is -2.08. The fourth-order valence-corrected chi connectivity index (χ4v) is 2.66. The third kappa shape index (κ3) is 4.79. The highest BCUT2D eigenvalue weighted by molar-refractivity contribution is 5.89. The van der Waals surface area contributed by atoms with Crippen LogP contribution in [0.3, 0.4) is 0 Å². The highest BCUT2D eigenvalue weighted by Crippen LogP contribution is 2.17. The van der Waals surface area contributed by atoms with Gasteiger partial charge in [0.25, 0.3) is 0 Å². The van der Waals surface area contributed by atoms with Crippen LogP contribution in [0.1, 0.15) is 37.4 Å². The summed E-state index contributed by atoms with van der Waals surface area (Å²) in [5, 5.41) is 0. The first-order valence-electron chi connectivity index (χ1n) is 8.58. The molecule has 3 aromatic rings. The molecule has 0 bridgehead atoms. The molecule has 0 spiro atoms. The molecule has 0 saturated carbocycles. The average Bonchev–Trinajstić information content (AvgIpc) is 2.73. The molecule has 0 aliphatic carbocycles. The monoisotopic (exact) mass is 379 g/mol. The topological polar surface area (TPSA) is 65.5 Å². The summed E-state index contributed by atoms with van der Waals surface area (Å²) in [4.78, 5) is 27.8. The number of hydrogen-bond donors (Lipinski definition) is 0. The van der Waals surface area contributed by atoms with Gasteiger partial charge in [-0.3, -0.25) is 4.98 Å². The Kier molecular flexibility index (Phi) is 6.11. The van der Waals surface area contributed by atoms with Gasteiger partial charge in [0.15, 0.2) is 0 Å². The first-order valence-corrected chi connectivity index (χ1v) is 8.58. The second-order valence-corrected chi connectivity index (χ2v) is 6.12. The number of carbonyl (C=O) groups excluding carboxylic acids is 2. The number of rotatable bonds is 6. The van der Waals surface area contributed by atoms with Gasteiger partial charge in [0.2, 0.25) is 0 Å². The Morgan fingerprint density at radius 1 is 0.929 bits per heavy atom. The third-order valence-corrected chi connectivity index (χ3v) is 4.11. The van der Waals surface area contributed by atoms with Crippen LogP contribution in [0.2, 0.25) is 0 Å². The van der Waals surface area contributed by atoms with Crippen LogP contribution >= 0.6 is 0 Å². The van der Waals surface area contributed by atoms with E-state index in [1.165, 1.54) is 25.4 Å². The van der Waals surface area contributed by atoms with E-state index in [2.05, 4.69) is 9.72 Å². The van der Waals surface area contributed by atoms with Gasteiger partial charge in [-0.1, -0.05) is 36.4 Å². The number of methoxy groups -OCH3 is 1. The van der Waals surface area contributed by atoms with Crippen LogP contribution < -0.4 is 0 Å². The summed E-state index contributed by atoms with van der Waals surface area (Å²) in [5.41, 5.74) is 2.34. The number of nitrogens with zero attached hydrogens (tertiary/aromatic N) is 1. The smallest absolute Gasteiger partial charge is 0.340 e. The molecule has 5 nitrogen and oxygen atoms in total. The lowest BCUT2D eigenvalue weighted by Crippen LogP contribution is -2.07. The van der Waals surface area contributed by atoms with E-state index in [0.29, 0.717) is 16.7 Å². The van der Waals surface area contributed by atoms with Crippen molar-refractivity contribution in [3.05, 3.63) is 101 Å². The highest BCUT2D eigenvalue weighted by atomic mass is 19.1. The number of benzene rings is 2. The number of aromatic nitrogens is 1. The molecular weight excluding hydrogens is 361 g/mol. The maximum atomic E-state index is 14.3. The van der Waals surface area contributed by atoms with E-state index in [0.717, 1.165) is 11.6 Å². The van der Waals surface area contributed by atoms with Crippen LogP contribution in [0.5, 0.6) is 0 Å². The summed E-state index contributed by atoms with van der Waals surface area (Å²) in [5.74, 6) is -1.63. The minimum Gasteiger partial charge on any atom is -0.465 e. The van der Waals surface area contributed by atoms with E-state index in [4.69, 9.17) is 4.74 Å². The van der Waals surface area contributed by atoms with E-state index < -0.39 is 17.8 Å². The summed E-state index contributed by atoms with van der Waals surface area (Å²) in [6.07, 6.45) is 3.19. The van der Waals surface area contributed by atoms with Crippen LogP contribution in [0.4, 0.5) is 4.39 Å². The average molecular weight is 379 g/mol. The number of ether oxygens (including phenoxy) is 2. The maximum Gasteiger partial charge on any atom is 0.340 e. The molecule has 0 atom stereocenters. The van der Waals surface area contributed by atoms with Gasteiger partial charge in [-0.05, 0) is 34.9 Å². The highest BCUT2D eigenvalue weighted by Gasteiger charge is 2.13. The fourth-order valence-electron chi connectivity index (χ4n) is 2.66. The second kappa shape index (κ2) is 8.90. The summed E-state index contributed by atoms with van der Waals surface area (Å²) in [7, 11) is 1.24. The van der Waals surface area contributed by atoms with E-state index in [1.807, 2.05) is 30.3 Å². The molecule has 28 heavy (non-hydrogen) atoms. The summed E-state index contributed by atoms with van der Waals surface area (Å²) >= 11 is 0. The van der Waals surface area contributed by atoms with E-state index >= 15 is 0 Å². The zero-order chi connectivity index (χ0) is 19.9. The summed E-state index contributed by atoms with van der Waals surface area (Å²) in [6.45, 7) is 0.160. The number of esters is 2. The Bertz CT molecular complexity index is 989. The lowest BCUT2D eigenvalue weighted by molar-refractivity contribution is 0.0471. The Morgan fingerprint density at radius 3 is 2.43 bits per heavy atom. The minimum atomic E-state index is -0.602. The number of pyridine rings is 1. The van der Waals surface area contributed by atoms with Gasteiger partial charge in [0, 0.05) is 18.8 Å². The predicted molar refractivity (Wildman–Crippen MR) is 100 cm³/mol. The first-order chi connectivity index (χ1) is 13.6. The van der Waals surface area contributed by atoms with Crippen molar-refractivity contribution in [2.45, 2.75) is 13.0 Å². The van der Waals surface area contributed by atoms with Crippen LogP contribution in [0.25, 0.3) is 0 Å². The molecule has 0 aliphatic rings. The standard InChI is InChI=1S/C22H18FNO4/c1-27-21(25)18-8-7-17(20(23)11-18)9-16-10-19(13-24-12-16)22(26)28-14-15-5-3-2-4-6-15/h2-8,10-13H,9,14H2,1H3. The Morgan fingerprint density at radius 2 is 1.71 bits per heavy atom. The van der Waals surface area contributed by atoms with Gasteiger partial charge in [0.1, 0.15) is 12.4 Å². The molecule has 6 heteroatoms. The molecule has 0 saturated heterocycles. The Hall–Kier alpha value is -3.54. The van der Waals surface area contributed by atoms with Gasteiger partial charge in [-0.25, -0.2) is 14.0 Å². The molecule has 2 aromatic carbocycles. The van der Waals surface area contributed by atoms with Gasteiger partial charge in [0.05, 0.1) is 18.2 Å². The van der Waals surface area contributed by atoms with Gasteiger partial charge < -0.3 is 9.47 Å². The molecule has 0 aliphatic heterocycles. The molecule has 0 fully saturated rings. The van der Waals surface area contributed by atoms with E-state index in [-0.39, 0.29) is 18.6 Å². The molecule has 0 amide bonds. The van der Waals surface area contributed by atoms with Crippen molar-refractivity contribution in [2.75, 3.05) is 7.11 Å². The maximum absolute atomic E-state index is 14.3. The second-order valence-electron chi connectivity index (χ2n) is 6.12. The van der Waals surface area contributed by atoms with E-state index in [1.54, 1.807) is 12.3 Å². The molecule has 0 unspecified atom stereocenters. The van der Waals surface area contributed by atoms with Crippen molar-refractivity contribution < 1.29 is 23.5 Å². The van der Waals surface area contributed by atoms with Crippen molar-refractivity contribution >= 4 is 11.9 Å². The third-order valence-electron chi connectivity index (χ3n) is 4.11. The zero-order valence-corrected chi connectivity index (χ0v) is 15.2. The first kappa shape index (κ1) is 19.2. The molecule has 1 heterocycles. The van der Waals surface area contributed by atoms with Gasteiger partial charge in [-0.15, -0.1) is 0 Å². The lowest BCUT2D eigenvalue weighted by atomic mass is 10.0. The van der Waals surface area contributed by atoms with Crippen LogP contribution in [0.15, 0.2) is 67.0 Å². The van der Waals surface area contributed by atoms with Crippen molar-refractivity contribution in [1.82, 2.24) is 4.98 Å². The fraction of sp³-hybridized carbons (Fsp3) is 0.136. The minimum absolute atomic E-state index is 0.139. The Labute approximate surface area is 161 Å². The molecule has 3 rings (SSSR count). The van der Waals surface area contributed by atoms with Gasteiger partial charge in [-0.2, -0.15) is 0 Å². The number of carbonyl (C=O) groups is 2. The van der Waals surface area contributed by atoms with E-state index in [9.17, 15) is 14.0 Å². The van der Waals surface area contributed by atoms with Crippen molar-refractivity contribution in [3.63, 3.8) is 0 Å². The number of halogens is 1. The normalized spacial score (nSPS) is 10.4. The summed E-state index contributed by atoms with van der Waals surface area (Å²) in [6, 6.07) is 15.1. The molecule has 0 N–H and O–H groups in total. The zero-order valence-electron chi connectivity index (χ0n) is 15.2. The summed E-state index contributed by atoms with van der Waals surface area (Å²) < 4.78 is 24.2. The molecular formula is C22H18FNO4. The Balaban J connectivity index is 1.69. The quantitative estimate of drug-likeness (QED) is 0.607. The predicted octanol–water partition coefficient (Wildman–Crippen LogP) is 3.96. The molecule has 142 valence electrons. The largest absolute Gasteiger partial charge is 0.465 e.